The molecule has 8 heteroatoms. The maximum absolute atomic E-state index is 14.1. The van der Waals surface area contributed by atoms with Crippen LogP contribution in [0.25, 0.3) is 0 Å². The second-order valence-corrected chi connectivity index (χ2v) is 4.98. The smallest absolute Gasteiger partial charge is 0.137 e. The zero-order chi connectivity index (χ0) is 15.6. The van der Waals surface area contributed by atoms with Gasteiger partial charge in [0.15, 0.2) is 0 Å². The molecule has 1 aromatic carbocycles. The molecule has 22 heavy (non-hydrogen) atoms. The molecule has 6 nitrogen and oxygen atoms in total. The highest BCUT2D eigenvalue weighted by molar-refractivity contribution is 5.25. The number of benzene rings is 1. The Labute approximate surface area is 124 Å². The zero-order valence-corrected chi connectivity index (χ0v) is 11.5. The molecule has 0 unspecified atom stereocenters. The summed E-state index contributed by atoms with van der Waals surface area (Å²) in [7, 11) is 0. The van der Waals surface area contributed by atoms with Gasteiger partial charge in [-0.05, 0) is 6.07 Å². The number of hydrogen-bond acceptors (Lipinski definition) is 4. The van der Waals surface area contributed by atoms with E-state index in [0.29, 0.717) is 0 Å². The summed E-state index contributed by atoms with van der Waals surface area (Å²) in [5.74, 6) is -1.52. The van der Waals surface area contributed by atoms with Gasteiger partial charge in [-0.15, -0.1) is 0 Å². The Bertz CT molecular complexity index is 706. The Kier molecular flexibility index (Phi) is 3.68. The van der Waals surface area contributed by atoms with Crippen LogP contribution in [0.4, 0.5) is 8.78 Å². The van der Waals surface area contributed by atoms with Gasteiger partial charge in [0.2, 0.25) is 0 Å². The van der Waals surface area contributed by atoms with Crippen LogP contribution < -0.4 is 0 Å². The van der Waals surface area contributed by atoms with Crippen LogP contribution in [0.1, 0.15) is 5.56 Å². The molecule has 0 bridgehead atoms. The third kappa shape index (κ3) is 2.86. The van der Waals surface area contributed by atoms with Crippen molar-refractivity contribution in [2.75, 3.05) is 0 Å². The molecule has 1 N–H and O–H groups in total. The summed E-state index contributed by atoms with van der Waals surface area (Å²) in [6.45, 7) is 0.00312. The molecule has 1 atom stereocenters. The van der Waals surface area contributed by atoms with E-state index in [2.05, 4.69) is 15.1 Å². The summed E-state index contributed by atoms with van der Waals surface area (Å²) in [4.78, 5) is 7.70. The van der Waals surface area contributed by atoms with Crippen molar-refractivity contribution >= 4 is 0 Å². The first kappa shape index (κ1) is 14.3. The van der Waals surface area contributed by atoms with Crippen LogP contribution in [-0.4, -0.2) is 29.4 Å². The van der Waals surface area contributed by atoms with Crippen molar-refractivity contribution in [2.45, 2.75) is 18.7 Å². The van der Waals surface area contributed by atoms with E-state index in [0.717, 1.165) is 12.1 Å². The highest BCUT2D eigenvalue weighted by atomic mass is 19.1. The minimum Gasteiger partial charge on any atom is -0.381 e. The van der Waals surface area contributed by atoms with Crippen molar-refractivity contribution in [1.82, 2.24) is 24.3 Å². The molecule has 0 aliphatic heterocycles. The van der Waals surface area contributed by atoms with Crippen molar-refractivity contribution in [2.24, 2.45) is 0 Å². The highest BCUT2D eigenvalue weighted by Crippen LogP contribution is 2.28. The number of halogens is 2. The fourth-order valence-corrected chi connectivity index (χ4v) is 2.35. The van der Waals surface area contributed by atoms with Gasteiger partial charge >= 0.3 is 0 Å². The lowest BCUT2D eigenvalue weighted by Gasteiger charge is -2.29. The van der Waals surface area contributed by atoms with Gasteiger partial charge in [0.05, 0.1) is 19.4 Å². The first-order chi connectivity index (χ1) is 10.6. The van der Waals surface area contributed by atoms with E-state index >= 15 is 0 Å². The van der Waals surface area contributed by atoms with Crippen LogP contribution in [0, 0.1) is 11.6 Å². The van der Waals surface area contributed by atoms with Crippen molar-refractivity contribution in [3.63, 3.8) is 0 Å². The molecule has 0 fully saturated rings. The normalized spacial score (nSPS) is 14.0. The summed E-state index contributed by atoms with van der Waals surface area (Å²) in [5.41, 5.74) is -1.65. The number of rotatable bonds is 5. The molecule has 2 aromatic heterocycles. The number of hydrogen-bond donors (Lipinski definition) is 1. The summed E-state index contributed by atoms with van der Waals surface area (Å²) >= 11 is 0. The van der Waals surface area contributed by atoms with Gasteiger partial charge in [-0.2, -0.15) is 5.10 Å². The molecule has 0 spiro atoms. The molecule has 2 heterocycles. The number of aliphatic hydroxyl groups is 1. The van der Waals surface area contributed by atoms with Gasteiger partial charge in [0, 0.05) is 24.0 Å². The lowest BCUT2D eigenvalue weighted by atomic mass is 9.92. The van der Waals surface area contributed by atoms with E-state index in [4.69, 9.17) is 0 Å². The number of imidazole rings is 1. The summed E-state index contributed by atoms with van der Waals surface area (Å²) in [6.07, 6.45) is 7.44. The standard InChI is InChI=1S/C14H13F2N5O/c15-11-1-2-12(13(16)5-11)14(22,6-20-4-3-17-9-20)7-21-10-18-8-19-21/h1-5,8-10,22H,6-7H2/t14-/m1/s1. The van der Waals surface area contributed by atoms with Crippen LogP contribution in [0.2, 0.25) is 0 Å². The number of aromatic nitrogens is 5. The third-order valence-corrected chi connectivity index (χ3v) is 3.33. The fraction of sp³-hybridized carbons (Fsp3) is 0.214. The van der Waals surface area contributed by atoms with Crippen LogP contribution in [0.5, 0.6) is 0 Å². The molecule has 0 aliphatic carbocycles. The van der Waals surface area contributed by atoms with E-state index in [-0.39, 0.29) is 18.7 Å². The Morgan fingerprint density at radius 1 is 1.14 bits per heavy atom. The van der Waals surface area contributed by atoms with Gasteiger partial charge < -0.3 is 9.67 Å². The topological polar surface area (TPSA) is 68.8 Å². The Balaban J connectivity index is 2.01. The summed E-state index contributed by atoms with van der Waals surface area (Å²) in [5, 5.41) is 14.9. The second-order valence-electron chi connectivity index (χ2n) is 4.98. The molecular weight excluding hydrogens is 292 g/mol. The molecule has 0 aliphatic rings. The third-order valence-electron chi connectivity index (χ3n) is 3.33. The first-order valence-electron chi connectivity index (χ1n) is 6.53. The molecule has 0 saturated carbocycles. The Morgan fingerprint density at radius 2 is 2.00 bits per heavy atom. The SMILES string of the molecule is O[C@](Cn1ccnc1)(Cn1cncn1)c1ccc(F)cc1F. The molecule has 3 rings (SSSR count). The minimum atomic E-state index is -1.63. The van der Waals surface area contributed by atoms with Crippen LogP contribution in [-0.2, 0) is 18.7 Å². The Hall–Kier alpha value is -2.61. The fourth-order valence-electron chi connectivity index (χ4n) is 2.35. The quantitative estimate of drug-likeness (QED) is 0.772. The predicted molar refractivity (Wildman–Crippen MR) is 72.5 cm³/mol. The van der Waals surface area contributed by atoms with E-state index in [1.165, 1.54) is 29.7 Å². The van der Waals surface area contributed by atoms with Crippen molar-refractivity contribution in [3.05, 3.63) is 66.8 Å². The monoisotopic (exact) mass is 305 g/mol. The molecular formula is C14H13F2N5O. The average Bonchev–Trinajstić information content (AvgIpc) is 3.12. The lowest BCUT2D eigenvalue weighted by Crippen LogP contribution is -2.37. The lowest BCUT2D eigenvalue weighted by molar-refractivity contribution is -0.00546. The molecule has 3 aromatic rings. The summed E-state index contributed by atoms with van der Waals surface area (Å²) in [6, 6.07) is 3.09. The first-order valence-corrected chi connectivity index (χ1v) is 6.53. The van der Waals surface area contributed by atoms with E-state index in [9.17, 15) is 13.9 Å². The maximum atomic E-state index is 14.1. The second kappa shape index (κ2) is 5.64. The van der Waals surface area contributed by atoms with Crippen molar-refractivity contribution in [1.29, 1.82) is 0 Å². The molecule has 114 valence electrons. The average molecular weight is 305 g/mol. The number of nitrogens with zero attached hydrogens (tertiary/aromatic N) is 5. The van der Waals surface area contributed by atoms with Crippen molar-refractivity contribution < 1.29 is 13.9 Å². The molecule has 0 radical (unpaired) electrons. The van der Waals surface area contributed by atoms with Crippen molar-refractivity contribution in [3.8, 4) is 0 Å². The van der Waals surface area contributed by atoms with E-state index in [1.54, 1.807) is 17.0 Å². The summed E-state index contributed by atoms with van der Waals surface area (Å²) < 4.78 is 30.3. The largest absolute Gasteiger partial charge is 0.381 e. The maximum Gasteiger partial charge on any atom is 0.137 e. The molecule has 0 amide bonds. The predicted octanol–water partition coefficient (Wildman–Crippen LogP) is 1.34. The van der Waals surface area contributed by atoms with Gasteiger partial charge in [-0.3, -0.25) is 0 Å². The Morgan fingerprint density at radius 3 is 2.64 bits per heavy atom. The van der Waals surface area contributed by atoms with Gasteiger partial charge in [0.25, 0.3) is 0 Å². The molecule has 0 saturated heterocycles. The van der Waals surface area contributed by atoms with Crippen LogP contribution in [0.3, 0.4) is 0 Å². The van der Waals surface area contributed by atoms with Gasteiger partial charge in [0.1, 0.15) is 29.9 Å². The van der Waals surface area contributed by atoms with E-state index in [1.807, 2.05) is 0 Å². The van der Waals surface area contributed by atoms with Crippen LogP contribution in [0.15, 0.2) is 49.6 Å². The minimum absolute atomic E-state index is 0.0156. The van der Waals surface area contributed by atoms with E-state index < -0.39 is 17.2 Å². The zero-order valence-electron chi connectivity index (χ0n) is 11.5. The highest BCUT2D eigenvalue weighted by Gasteiger charge is 2.34. The van der Waals surface area contributed by atoms with Crippen LogP contribution >= 0.6 is 0 Å². The van der Waals surface area contributed by atoms with Gasteiger partial charge in [-0.1, -0.05) is 6.07 Å². The van der Waals surface area contributed by atoms with Gasteiger partial charge in [-0.25, -0.2) is 23.4 Å².